The molecule has 6 heteroatoms. The third kappa shape index (κ3) is 2.43. The topological polar surface area (TPSA) is 89.4 Å². The SMILES string of the molecule is Cc1c([N+](=O)[O-])cc(CCCN)c(O)c1Cl. The van der Waals surface area contributed by atoms with Crippen LogP contribution in [0.5, 0.6) is 5.75 Å². The number of nitro benzene ring substituents is 1. The molecule has 88 valence electrons. The molecule has 1 aromatic carbocycles. The molecule has 1 rings (SSSR count). The second-order valence-electron chi connectivity index (χ2n) is 3.49. The maximum atomic E-state index is 10.8. The second-order valence-corrected chi connectivity index (χ2v) is 3.87. The van der Waals surface area contributed by atoms with E-state index in [0.29, 0.717) is 24.9 Å². The van der Waals surface area contributed by atoms with E-state index in [4.69, 9.17) is 17.3 Å². The molecule has 0 aliphatic rings. The molecule has 16 heavy (non-hydrogen) atoms. The van der Waals surface area contributed by atoms with Crippen molar-refractivity contribution in [2.75, 3.05) is 6.54 Å². The molecule has 0 spiro atoms. The van der Waals surface area contributed by atoms with Gasteiger partial charge in [0.25, 0.3) is 5.69 Å². The fourth-order valence-electron chi connectivity index (χ4n) is 1.45. The number of phenolic OH excluding ortho intramolecular Hbond substituents is 1. The Hall–Kier alpha value is -1.33. The third-order valence-electron chi connectivity index (χ3n) is 2.38. The van der Waals surface area contributed by atoms with Gasteiger partial charge in [0.2, 0.25) is 0 Å². The Morgan fingerprint density at radius 1 is 1.62 bits per heavy atom. The first-order valence-corrected chi connectivity index (χ1v) is 5.22. The number of hydrogen-bond acceptors (Lipinski definition) is 4. The van der Waals surface area contributed by atoms with Crippen LogP contribution in [0.4, 0.5) is 5.69 Å². The van der Waals surface area contributed by atoms with Crippen LogP contribution in [0.15, 0.2) is 6.07 Å². The summed E-state index contributed by atoms with van der Waals surface area (Å²) in [6.07, 6.45) is 1.12. The van der Waals surface area contributed by atoms with Gasteiger partial charge in [0.05, 0.1) is 9.95 Å². The zero-order valence-corrected chi connectivity index (χ0v) is 9.62. The molecule has 0 bridgehead atoms. The lowest BCUT2D eigenvalue weighted by Gasteiger charge is -2.08. The Bertz CT molecular complexity index is 421. The van der Waals surface area contributed by atoms with Gasteiger partial charge in [0.1, 0.15) is 5.75 Å². The Labute approximate surface area is 98.0 Å². The van der Waals surface area contributed by atoms with Gasteiger partial charge in [-0.25, -0.2) is 0 Å². The maximum Gasteiger partial charge on any atom is 0.274 e. The van der Waals surface area contributed by atoms with Gasteiger partial charge in [-0.15, -0.1) is 0 Å². The van der Waals surface area contributed by atoms with Crippen molar-refractivity contribution in [1.82, 2.24) is 0 Å². The van der Waals surface area contributed by atoms with E-state index < -0.39 is 4.92 Å². The fourth-order valence-corrected chi connectivity index (χ4v) is 1.66. The summed E-state index contributed by atoms with van der Waals surface area (Å²) in [5.41, 5.74) is 6.01. The summed E-state index contributed by atoms with van der Waals surface area (Å²) in [7, 11) is 0. The van der Waals surface area contributed by atoms with Gasteiger partial charge in [-0.3, -0.25) is 10.1 Å². The molecule has 0 aliphatic heterocycles. The monoisotopic (exact) mass is 244 g/mol. The number of hydrogen-bond donors (Lipinski definition) is 2. The molecule has 5 nitrogen and oxygen atoms in total. The van der Waals surface area contributed by atoms with Gasteiger partial charge >= 0.3 is 0 Å². The summed E-state index contributed by atoms with van der Waals surface area (Å²) < 4.78 is 0. The highest BCUT2D eigenvalue weighted by Gasteiger charge is 2.19. The molecule has 0 unspecified atom stereocenters. The van der Waals surface area contributed by atoms with Crippen LogP contribution in [0.3, 0.4) is 0 Å². The number of aryl methyl sites for hydroxylation is 1. The minimum absolute atomic E-state index is 0.0428. The molecule has 0 heterocycles. The highest BCUT2D eigenvalue weighted by atomic mass is 35.5. The molecule has 0 aliphatic carbocycles. The number of halogens is 1. The number of nitrogens with zero attached hydrogens (tertiary/aromatic N) is 1. The van der Waals surface area contributed by atoms with Crippen LogP contribution in [-0.4, -0.2) is 16.6 Å². The van der Waals surface area contributed by atoms with Crippen molar-refractivity contribution in [2.45, 2.75) is 19.8 Å². The summed E-state index contributed by atoms with van der Waals surface area (Å²) in [5, 5.41) is 20.5. The Morgan fingerprint density at radius 3 is 2.75 bits per heavy atom. The van der Waals surface area contributed by atoms with Crippen molar-refractivity contribution < 1.29 is 10.0 Å². The van der Waals surface area contributed by atoms with Crippen LogP contribution in [0.2, 0.25) is 5.02 Å². The van der Waals surface area contributed by atoms with Gasteiger partial charge < -0.3 is 10.8 Å². The van der Waals surface area contributed by atoms with Crippen LogP contribution < -0.4 is 5.73 Å². The van der Waals surface area contributed by atoms with E-state index in [2.05, 4.69) is 0 Å². The van der Waals surface area contributed by atoms with Gasteiger partial charge in [0.15, 0.2) is 0 Å². The molecule has 0 aromatic heterocycles. The van der Waals surface area contributed by atoms with Crippen LogP contribution in [0.25, 0.3) is 0 Å². The van der Waals surface area contributed by atoms with E-state index in [1.807, 2.05) is 0 Å². The Kier molecular flexibility index (Phi) is 4.09. The van der Waals surface area contributed by atoms with E-state index in [9.17, 15) is 15.2 Å². The number of nitro groups is 1. The van der Waals surface area contributed by atoms with Gasteiger partial charge in [-0.05, 0) is 26.3 Å². The summed E-state index contributed by atoms with van der Waals surface area (Å²) >= 11 is 5.83. The number of phenols is 1. The predicted octanol–water partition coefficient (Wildman–Crippen LogP) is 2.15. The molecule has 0 atom stereocenters. The largest absolute Gasteiger partial charge is 0.506 e. The molecule has 1 aromatic rings. The normalized spacial score (nSPS) is 10.4. The van der Waals surface area contributed by atoms with Crippen LogP contribution in [0, 0.1) is 17.0 Å². The molecule has 3 N–H and O–H groups in total. The minimum Gasteiger partial charge on any atom is -0.506 e. The zero-order valence-electron chi connectivity index (χ0n) is 8.86. The average Bonchev–Trinajstić information content (AvgIpc) is 2.24. The van der Waals surface area contributed by atoms with E-state index in [1.165, 1.54) is 13.0 Å². The average molecular weight is 245 g/mol. The summed E-state index contributed by atoms with van der Waals surface area (Å²) in [6, 6.07) is 1.35. The third-order valence-corrected chi connectivity index (χ3v) is 2.85. The summed E-state index contributed by atoms with van der Waals surface area (Å²) in [4.78, 5) is 10.2. The molecular formula is C10H13ClN2O3. The summed E-state index contributed by atoms with van der Waals surface area (Å²) in [6.45, 7) is 1.96. The van der Waals surface area contributed by atoms with E-state index in [0.717, 1.165) is 0 Å². The molecule has 0 saturated carbocycles. The number of benzene rings is 1. The highest BCUT2D eigenvalue weighted by Crippen LogP contribution is 2.37. The van der Waals surface area contributed by atoms with Crippen LogP contribution >= 0.6 is 11.6 Å². The van der Waals surface area contributed by atoms with Gasteiger partial charge in [-0.1, -0.05) is 11.6 Å². The van der Waals surface area contributed by atoms with Crippen molar-refractivity contribution in [3.05, 3.63) is 32.3 Å². The van der Waals surface area contributed by atoms with Gasteiger partial charge in [-0.2, -0.15) is 0 Å². The highest BCUT2D eigenvalue weighted by molar-refractivity contribution is 6.33. The van der Waals surface area contributed by atoms with E-state index in [-0.39, 0.29) is 22.0 Å². The molecule has 0 radical (unpaired) electrons. The first-order valence-electron chi connectivity index (χ1n) is 4.84. The van der Waals surface area contributed by atoms with Crippen molar-refractivity contribution in [2.24, 2.45) is 5.73 Å². The number of rotatable bonds is 4. The van der Waals surface area contributed by atoms with Crippen LogP contribution in [0.1, 0.15) is 17.5 Å². The molecule has 0 saturated heterocycles. The van der Waals surface area contributed by atoms with Crippen molar-refractivity contribution in [3.8, 4) is 5.75 Å². The van der Waals surface area contributed by atoms with Gasteiger partial charge in [0, 0.05) is 17.2 Å². The second kappa shape index (κ2) is 5.14. The number of nitrogens with two attached hydrogens (primary N) is 1. The smallest absolute Gasteiger partial charge is 0.274 e. The first kappa shape index (κ1) is 12.7. The first-order chi connectivity index (χ1) is 7.49. The van der Waals surface area contributed by atoms with Crippen molar-refractivity contribution in [1.29, 1.82) is 0 Å². The Balaban J connectivity index is 3.24. The van der Waals surface area contributed by atoms with Crippen molar-refractivity contribution in [3.63, 3.8) is 0 Å². The minimum atomic E-state index is -0.507. The number of aromatic hydroxyl groups is 1. The lowest BCUT2D eigenvalue weighted by Crippen LogP contribution is -2.02. The zero-order chi connectivity index (χ0) is 12.3. The molecule has 0 amide bonds. The lowest BCUT2D eigenvalue weighted by atomic mass is 10.0. The Morgan fingerprint density at radius 2 is 2.25 bits per heavy atom. The predicted molar refractivity (Wildman–Crippen MR) is 61.9 cm³/mol. The lowest BCUT2D eigenvalue weighted by molar-refractivity contribution is -0.385. The fraction of sp³-hybridized carbons (Fsp3) is 0.400. The standard InChI is InChI=1S/C10H13ClN2O3/c1-6-8(13(15)16)5-7(3-2-4-12)10(14)9(6)11/h5,14H,2-4,12H2,1H3. The van der Waals surface area contributed by atoms with Crippen LogP contribution in [-0.2, 0) is 6.42 Å². The maximum absolute atomic E-state index is 10.8. The quantitative estimate of drug-likeness (QED) is 0.627. The van der Waals surface area contributed by atoms with E-state index in [1.54, 1.807) is 0 Å². The summed E-state index contributed by atoms with van der Waals surface area (Å²) in [5.74, 6) is -0.0850. The van der Waals surface area contributed by atoms with E-state index >= 15 is 0 Å². The van der Waals surface area contributed by atoms with Crippen molar-refractivity contribution >= 4 is 17.3 Å². The molecule has 0 fully saturated rings. The molecular weight excluding hydrogens is 232 g/mol.